The number of nitrogens with one attached hydrogen (secondary N) is 1. The average Bonchev–Trinajstić information content (AvgIpc) is 3.00. The van der Waals surface area contributed by atoms with Crippen molar-refractivity contribution in [3.63, 3.8) is 0 Å². The van der Waals surface area contributed by atoms with Crippen molar-refractivity contribution < 1.29 is 22.1 Å². The van der Waals surface area contributed by atoms with Crippen LogP contribution in [-0.4, -0.2) is 38.1 Å². The summed E-state index contributed by atoms with van der Waals surface area (Å²) in [5.74, 6) is 0.626. The van der Waals surface area contributed by atoms with Gasteiger partial charge in [0.15, 0.2) is 5.17 Å². The van der Waals surface area contributed by atoms with Gasteiger partial charge < -0.3 is 14.2 Å². The van der Waals surface area contributed by atoms with E-state index in [4.69, 9.17) is 8.92 Å². The number of thioether (sulfide) groups is 1. The molecule has 2 aromatic carbocycles. The first-order valence-electron chi connectivity index (χ1n) is 8.14. The second-order valence-electron chi connectivity index (χ2n) is 5.68. The van der Waals surface area contributed by atoms with Gasteiger partial charge in [0.25, 0.3) is 0 Å². The van der Waals surface area contributed by atoms with Gasteiger partial charge in [0.1, 0.15) is 16.4 Å². The maximum atomic E-state index is 12.3. The predicted molar refractivity (Wildman–Crippen MR) is 107 cm³/mol. The Morgan fingerprint density at radius 3 is 2.29 bits per heavy atom. The normalized spacial score (nSPS) is 18.4. The summed E-state index contributed by atoms with van der Waals surface area (Å²) in [6, 6.07) is 12.2. The van der Waals surface area contributed by atoms with Crippen molar-refractivity contribution >= 4 is 39.2 Å². The predicted octanol–water partition coefficient (Wildman–Crippen LogP) is 2.40. The van der Waals surface area contributed by atoms with E-state index in [0.717, 1.165) is 0 Å². The first-order chi connectivity index (χ1) is 13.4. The van der Waals surface area contributed by atoms with Crippen molar-refractivity contribution in [3.8, 4) is 11.5 Å². The summed E-state index contributed by atoms with van der Waals surface area (Å²) in [5.41, 5.74) is 0.695. The van der Waals surface area contributed by atoms with Gasteiger partial charge in [0.05, 0.1) is 18.6 Å². The molecule has 1 aliphatic rings. The maximum Gasteiger partial charge on any atom is 0.339 e. The number of carbonyl (C=O) groups excluding carboxylic acids is 1. The number of rotatable bonds is 6. The topological polar surface area (TPSA) is 106 Å². The van der Waals surface area contributed by atoms with Crippen LogP contribution < -0.4 is 14.2 Å². The molecule has 10 heteroatoms. The molecule has 1 N–H and O–H groups in total. The van der Waals surface area contributed by atoms with E-state index >= 15 is 0 Å². The van der Waals surface area contributed by atoms with Crippen molar-refractivity contribution in [2.24, 2.45) is 10.2 Å². The highest BCUT2D eigenvalue weighted by Gasteiger charge is 2.25. The molecule has 0 saturated carbocycles. The molecule has 1 heterocycles. The molecule has 8 nitrogen and oxygen atoms in total. The zero-order valence-corrected chi connectivity index (χ0v) is 16.7. The van der Waals surface area contributed by atoms with Crippen LogP contribution in [0.4, 0.5) is 0 Å². The zero-order chi connectivity index (χ0) is 20.1. The second kappa shape index (κ2) is 8.44. The highest BCUT2D eigenvalue weighted by atomic mass is 32.2. The van der Waals surface area contributed by atoms with Gasteiger partial charge in [-0.25, -0.2) is 0 Å². The Bertz CT molecular complexity index is 1020. The monoisotopic (exact) mass is 419 g/mol. The van der Waals surface area contributed by atoms with Gasteiger partial charge in [-0.1, -0.05) is 11.8 Å². The Morgan fingerprint density at radius 2 is 1.71 bits per heavy atom. The van der Waals surface area contributed by atoms with E-state index in [9.17, 15) is 13.2 Å². The van der Waals surface area contributed by atoms with Gasteiger partial charge >= 0.3 is 10.1 Å². The summed E-state index contributed by atoms with van der Waals surface area (Å²) in [4.78, 5) is 11.4. The van der Waals surface area contributed by atoms with Gasteiger partial charge in [-0.05, 0) is 61.0 Å². The molecule has 1 atom stereocenters. The van der Waals surface area contributed by atoms with Gasteiger partial charge in [0, 0.05) is 0 Å². The third kappa shape index (κ3) is 4.90. The molecular weight excluding hydrogens is 402 g/mol. The number of nitrogens with zero attached hydrogens (tertiary/aromatic N) is 2. The Balaban J connectivity index is 1.64. The van der Waals surface area contributed by atoms with Crippen LogP contribution in [0.15, 0.2) is 63.6 Å². The lowest BCUT2D eigenvalue weighted by molar-refractivity contribution is -0.118. The van der Waals surface area contributed by atoms with E-state index in [-0.39, 0.29) is 21.8 Å². The minimum Gasteiger partial charge on any atom is -0.497 e. The summed E-state index contributed by atoms with van der Waals surface area (Å²) in [6.07, 6.45) is 1.49. The number of amidine groups is 1. The van der Waals surface area contributed by atoms with Crippen LogP contribution in [0.25, 0.3) is 0 Å². The SMILES string of the molecule is COc1ccc(S(=O)(=O)Oc2ccc(C=NN=C3NC(=O)C(C)S3)cc2)cc1. The number of hydrogen-bond acceptors (Lipinski definition) is 8. The molecule has 0 bridgehead atoms. The van der Waals surface area contributed by atoms with E-state index in [1.54, 1.807) is 31.2 Å². The second-order valence-corrected chi connectivity index (χ2v) is 8.56. The lowest BCUT2D eigenvalue weighted by Crippen LogP contribution is -2.23. The van der Waals surface area contributed by atoms with E-state index in [1.807, 2.05) is 0 Å². The number of hydrogen-bond donors (Lipinski definition) is 1. The maximum absolute atomic E-state index is 12.3. The Labute approximate surface area is 166 Å². The molecule has 3 rings (SSSR count). The Morgan fingerprint density at radius 1 is 1.07 bits per heavy atom. The van der Waals surface area contributed by atoms with Crippen molar-refractivity contribution in [3.05, 3.63) is 54.1 Å². The van der Waals surface area contributed by atoms with E-state index in [0.29, 0.717) is 16.5 Å². The van der Waals surface area contributed by atoms with Gasteiger partial charge in [0.2, 0.25) is 5.91 Å². The molecule has 1 aliphatic heterocycles. The zero-order valence-electron chi connectivity index (χ0n) is 15.0. The standard InChI is InChI=1S/C18H17N3O5S2/c1-12-17(22)20-18(27-12)21-19-11-13-3-5-15(6-4-13)26-28(23,24)16-9-7-14(25-2)8-10-16/h3-12H,1-2H3,(H,20,21,22). The smallest absolute Gasteiger partial charge is 0.339 e. The average molecular weight is 419 g/mol. The van der Waals surface area contributed by atoms with Crippen LogP contribution in [0.5, 0.6) is 11.5 Å². The number of methoxy groups -OCH3 is 1. The molecule has 1 saturated heterocycles. The molecular formula is C18H17N3O5S2. The molecule has 0 aromatic heterocycles. The van der Waals surface area contributed by atoms with Crippen LogP contribution in [0.1, 0.15) is 12.5 Å². The molecule has 1 unspecified atom stereocenters. The van der Waals surface area contributed by atoms with Crippen molar-refractivity contribution in [1.29, 1.82) is 0 Å². The molecule has 1 fully saturated rings. The number of amides is 1. The van der Waals surface area contributed by atoms with Crippen molar-refractivity contribution in [1.82, 2.24) is 5.32 Å². The summed E-state index contributed by atoms with van der Waals surface area (Å²) < 4.78 is 34.8. The summed E-state index contributed by atoms with van der Waals surface area (Å²) in [6.45, 7) is 1.78. The minimum atomic E-state index is -3.94. The Kier molecular flexibility index (Phi) is 6.00. The number of ether oxygens (including phenoxy) is 1. The lowest BCUT2D eigenvalue weighted by Gasteiger charge is -2.07. The molecule has 1 amide bonds. The first-order valence-corrected chi connectivity index (χ1v) is 10.4. The van der Waals surface area contributed by atoms with Crippen LogP contribution >= 0.6 is 11.8 Å². The quantitative estimate of drug-likeness (QED) is 0.438. The fraction of sp³-hybridized carbons (Fsp3) is 0.167. The van der Waals surface area contributed by atoms with Crippen LogP contribution in [0.2, 0.25) is 0 Å². The fourth-order valence-electron chi connectivity index (χ4n) is 2.18. The third-order valence-corrected chi connectivity index (χ3v) is 5.91. The first kappa shape index (κ1) is 19.9. The molecule has 2 aromatic rings. The molecule has 146 valence electrons. The van der Waals surface area contributed by atoms with Crippen molar-refractivity contribution in [2.45, 2.75) is 17.1 Å². The van der Waals surface area contributed by atoms with Gasteiger partial charge in [-0.3, -0.25) is 4.79 Å². The highest BCUT2D eigenvalue weighted by molar-refractivity contribution is 8.15. The molecule has 0 radical (unpaired) electrons. The summed E-state index contributed by atoms with van der Waals surface area (Å²) in [5, 5.41) is 10.7. The summed E-state index contributed by atoms with van der Waals surface area (Å²) in [7, 11) is -2.44. The van der Waals surface area contributed by atoms with Crippen LogP contribution in [-0.2, 0) is 14.9 Å². The van der Waals surface area contributed by atoms with E-state index in [2.05, 4.69) is 15.5 Å². The van der Waals surface area contributed by atoms with Crippen LogP contribution in [0.3, 0.4) is 0 Å². The largest absolute Gasteiger partial charge is 0.497 e. The van der Waals surface area contributed by atoms with E-state index in [1.165, 1.54) is 49.4 Å². The third-order valence-electron chi connectivity index (χ3n) is 3.68. The minimum absolute atomic E-state index is 0.0279. The molecule has 0 aliphatic carbocycles. The molecule has 28 heavy (non-hydrogen) atoms. The van der Waals surface area contributed by atoms with Gasteiger partial charge in [-0.15, -0.1) is 5.10 Å². The van der Waals surface area contributed by atoms with E-state index < -0.39 is 10.1 Å². The summed E-state index contributed by atoms with van der Waals surface area (Å²) >= 11 is 1.30. The number of carbonyl (C=O) groups is 1. The number of benzene rings is 2. The Hall–Kier alpha value is -2.85. The van der Waals surface area contributed by atoms with Crippen molar-refractivity contribution in [2.75, 3.05) is 7.11 Å². The lowest BCUT2D eigenvalue weighted by atomic mass is 10.2. The highest BCUT2D eigenvalue weighted by Crippen LogP contribution is 2.21. The molecule has 0 spiro atoms. The fourth-order valence-corrected chi connectivity index (χ4v) is 3.87. The van der Waals surface area contributed by atoms with Gasteiger partial charge in [-0.2, -0.15) is 13.5 Å². The van der Waals surface area contributed by atoms with Crippen LogP contribution in [0, 0.1) is 0 Å².